The van der Waals surface area contributed by atoms with Gasteiger partial charge in [0.05, 0.1) is 11.0 Å². The van der Waals surface area contributed by atoms with Crippen LogP contribution in [0.1, 0.15) is 20.3 Å². The van der Waals surface area contributed by atoms with Crippen molar-refractivity contribution in [3.05, 3.63) is 34.4 Å². The molecule has 0 saturated carbocycles. The van der Waals surface area contributed by atoms with Crippen LogP contribution in [0.15, 0.2) is 29.2 Å². The van der Waals surface area contributed by atoms with Gasteiger partial charge < -0.3 is 5.11 Å². The van der Waals surface area contributed by atoms with Crippen LogP contribution in [0, 0.1) is 16.0 Å². The van der Waals surface area contributed by atoms with Crippen LogP contribution in [-0.2, 0) is 10.0 Å². The van der Waals surface area contributed by atoms with Crippen LogP contribution < -0.4 is 4.72 Å². The number of rotatable bonds is 7. The normalized spacial score (nSPS) is 23.3. The van der Waals surface area contributed by atoms with E-state index in [-0.39, 0.29) is 6.54 Å². The summed E-state index contributed by atoms with van der Waals surface area (Å²) in [5.74, 6) is 0.552. The summed E-state index contributed by atoms with van der Waals surface area (Å²) in [6.07, 6.45) is 0.171. The number of nitro groups is 1. The Morgan fingerprint density at radius 2 is 2.08 bits per heavy atom. The molecule has 1 aliphatic rings. The first kappa shape index (κ1) is 18.8. The fourth-order valence-electron chi connectivity index (χ4n) is 3.09. The van der Waals surface area contributed by atoms with E-state index in [2.05, 4.69) is 23.5 Å². The highest BCUT2D eigenvalue weighted by atomic mass is 32.2. The standard InChI is InChI=1S/C15H23N3O5S/c1-11-7-12(2)17(9-11)10-13(19)8-16-24(22,23)15-6-4-3-5-14(15)18(20)21/h3-6,11-13,16,19H,7-10H2,1-2H3/t11?,12?,13-/m0/s1. The van der Waals surface area contributed by atoms with Gasteiger partial charge in [-0.3, -0.25) is 15.0 Å². The largest absolute Gasteiger partial charge is 0.390 e. The molecule has 1 fully saturated rings. The van der Waals surface area contributed by atoms with E-state index in [0.29, 0.717) is 18.5 Å². The SMILES string of the molecule is CC1CC(C)N(C[C@@H](O)CNS(=O)(=O)c2ccccc2[N+](=O)[O-])C1. The van der Waals surface area contributed by atoms with Crippen LogP contribution >= 0.6 is 0 Å². The quantitative estimate of drug-likeness (QED) is 0.555. The number of benzene rings is 1. The number of para-hydroxylation sites is 1. The number of aliphatic hydroxyl groups is 1. The highest BCUT2D eigenvalue weighted by Crippen LogP contribution is 2.23. The third kappa shape index (κ3) is 4.50. The molecule has 3 atom stereocenters. The average Bonchev–Trinajstić information content (AvgIpc) is 2.83. The maximum Gasteiger partial charge on any atom is 0.289 e. The maximum absolute atomic E-state index is 12.3. The van der Waals surface area contributed by atoms with Gasteiger partial charge in [0.1, 0.15) is 0 Å². The monoisotopic (exact) mass is 357 g/mol. The van der Waals surface area contributed by atoms with Gasteiger partial charge in [-0.1, -0.05) is 19.1 Å². The number of hydrogen-bond donors (Lipinski definition) is 2. The van der Waals surface area contributed by atoms with E-state index in [0.717, 1.165) is 19.0 Å². The van der Waals surface area contributed by atoms with Gasteiger partial charge in [-0.15, -0.1) is 0 Å². The first-order valence-corrected chi connectivity index (χ1v) is 9.34. The van der Waals surface area contributed by atoms with Gasteiger partial charge in [0.25, 0.3) is 5.69 Å². The number of aliphatic hydroxyl groups excluding tert-OH is 1. The Balaban J connectivity index is 1.99. The number of nitro benzene ring substituents is 1. The van der Waals surface area contributed by atoms with Crippen molar-refractivity contribution in [3.8, 4) is 0 Å². The van der Waals surface area contributed by atoms with Crippen molar-refractivity contribution in [1.82, 2.24) is 9.62 Å². The zero-order valence-corrected chi connectivity index (χ0v) is 14.6. The predicted molar refractivity (Wildman–Crippen MR) is 89.1 cm³/mol. The Kier molecular flexibility index (Phi) is 5.92. The molecule has 0 spiro atoms. The van der Waals surface area contributed by atoms with Crippen LogP contribution in [0.25, 0.3) is 0 Å². The van der Waals surface area contributed by atoms with Gasteiger partial charge in [-0.2, -0.15) is 0 Å². The molecule has 0 aromatic heterocycles. The number of β-amino-alcohol motifs (C(OH)–C–C–N with tert-alkyl or cyclic N) is 1. The molecular formula is C15H23N3O5S. The fraction of sp³-hybridized carbons (Fsp3) is 0.600. The second-order valence-electron chi connectivity index (χ2n) is 6.37. The minimum Gasteiger partial charge on any atom is -0.390 e. The molecule has 1 aromatic rings. The molecule has 1 saturated heterocycles. The van der Waals surface area contributed by atoms with E-state index in [9.17, 15) is 23.6 Å². The first-order chi connectivity index (χ1) is 11.2. The molecule has 0 amide bonds. The van der Waals surface area contributed by atoms with Gasteiger partial charge in [-0.25, -0.2) is 13.1 Å². The second kappa shape index (κ2) is 7.56. The van der Waals surface area contributed by atoms with E-state index < -0.39 is 31.6 Å². The number of hydrogen-bond acceptors (Lipinski definition) is 6. The lowest BCUT2D eigenvalue weighted by atomic mass is 10.1. The maximum atomic E-state index is 12.3. The molecule has 0 bridgehead atoms. The van der Waals surface area contributed by atoms with Crippen molar-refractivity contribution in [2.24, 2.45) is 5.92 Å². The third-order valence-electron chi connectivity index (χ3n) is 4.22. The van der Waals surface area contributed by atoms with Crippen molar-refractivity contribution in [2.75, 3.05) is 19.6 Å². The first-order valence-electron chi connectivity index (χ1n) is 7.86. The predicted octanol–water partition coefficient (Wildman–Crippen LogP) is 0.964. The Morgan fingerprint density at radius 1 is 1.42 bits per heavy atom. The molecule has 9 heteroatoms. The highest BCUT2D eigenvalue weighted by Gasteiger charge is 2.29. The molecule has 2 rings (SSSR count). The second-order valence-corrected chi connectivity index (χ2v) is 8.11. The number of sulfonamides is 1. The lowest BCUT2D eigenvalue weighted by Crippen LogP contribution is -2.41. The lowest BCUT2D eigenvalue weighted by molar-refractivity contribution is -0.387. The highest BCUT2D eigenvalue weighted by molar-refractivity contribution is 7.89. The zero-order chi connectivity index (χ0) is 17.9. The molecule has 1 heterocycles. The van der Waals surface area contributed by atoms with E-state index in [1.807, 2.05) is 0 Å². The molecule has 0 aliphatic carbocycles. The molecule has 24 heavy (non-hydrogen) atoms. The zero-order valence-electron chi connectivity index (χ0n) is 13.8. The van der Waals surface area contributed by atoms with Crippen LogP contribution in [0.5, 0.6) is 0 Å². The molecule has 134 valence electrons. The van der Waals surface area contributed by atoms with E-state index in [1.54, 1.807) is 0 Å². The average molecular weight is 357 g/mol. The molecule has 1 aliphatic heterocycles. The van der Waals surface area contributed by atoms with E-state index in [4.69, 9.17) is 0 Å². The van der Waals surface area contributed by atoms with E-state index >= 15 is 0 Å². The summed E-state index contributed by atoms with van der Waals surface area (Å²) in [5.41, 5.74) is -0.485. The fourth-order valence-corrected chi connectivity index (χ4v) is 4.34. The number of likely N-dealkylation sites (tertiary alicyclic amines) is 1. The van der Waals surface area contributed by atoms with Gasteiger partial charge >= 0.3 is 0 Å². The summed E-state index contributed by atoms with van der Waals surface area (Å²) in [5, 5.41) is 21.1. The number of nitrogens with zero attached hydrogens (tertiary/aromatic N) is 2. The van der Waals surface area contributed by atoms with Gasteiger partial charge in [-0.05, 0) is 25.3 Å². The molecule has 2 N–H and O–H groups in total. The van der Waals surface area contributed by atoms with Crippen LogP contribution in [-0.4, -0.2) is 55.1 Å². The van der Waals surface area contributed by atoms with E-state index in [1.165, 1.54) is 18.2 Å². The van der Waals surface area contributed by atoms with Crippen molar-refractivity contribution >= 4 is 15.7 Å². The van der Waals surface area contributed by atoms with Crippen molar-refractivity contribution in [3.63, 3.8) is 0 Å². The smallest absolute Gasteiger partial charge is 0.289 e. The molecule has 1 aromatic carbocycles. The molecule has 8 nitrogen and oxygen atoms in total. The summed E-state index contributed by atoms with van der Waals surface area (Å²) in [7, 11) is -4.06. The Hall–Kier alpha value is -1.55. The lowest BCUT2D eigenvalue weighted by Gasteiger charge is -2.24. The Labute approximate surface area is 141 Å². The topological polar surface area (TPSA) is 113 Å². The summed E-state index contributed by atoms with van der Waals surface area (Å²) >= 11 is 0. The van der Waals surface area contributed by atoms with Gasteiger partial charge in [0.2, 0.25) is 10.0 Å². The van der Waals surface area contributed by atoms with Gasteiger partial charge in [0, 0.05) is 31.7 Å². The van der Waals surface area contributed by atoms with Crippen LogP contribution in [0.2, 0.25) is 0 Å². The third-order valence-corrected chi connectivity index (χ3v) is 5.69. The summed E-state index contributed by atoms with van der Waals surface area (Å²) < 4.78 is 26.8. The molecular weight excluding hydrogens is 334 g/mol. The minimum absolute atomic E-state index is 0.189. The summed E-state index contributed by atoms with van der Waals surface area (Å²) in [4.78, 5) is 11.9. The Bertz CT molecular complexity index is 694. The minimum atomic E-state index is -4.06. The van der Waals surface area contributed by atoms with Crippen molar-refractivity contribution < 1.29 is 18.4 Å². The summed E-state index contributed by atoms with van der Waals surface area (Å²) in [6, 6.07) is 5.49. The molecule has 0 radical (unpaired) electrons. The number of nitrogens with one attached hydrogen (secondary N) is 1. The Morgan fingerprint density at radius 3 is 2.67 bits per heavy atom. The summed E-state index contributed by atoms with van der Waals surface area (Å²) in [6.45, 7) is 5.26. The molecule has 2 unspecified atom stereocenters. The van der Waals surface area contributed by atoms with Gasteiger partial charge in [0.15, 0.2) is 4.90 Å². The van der Waals surface area contributed by atoms with Crippen LogP contribution in [0.4, 0.5) is 5.69 Å². The van der Waals surface area contributed by atoms with Crippen LogP contribution in [0.3, 0.4) is 0 Å². The van der Waals surface area contributed by atoms with Crippen molar-refractivity contribution in [2.45, 2.75) is 37.3 Å². The van der Waals surface area contributed by atoms with Crippen molar-refractivity contribution in [1.29, 1.82) is 0 Å².